The second-order valence-electron chi connectivity index (χ2n) is 11.5. The Morgan fingerprint density at radius 3 is 1.50 bits per heavy atom. The summed E-state index contributed by atoms with van der Waals surface area (Å²) in [5.74, 6) is 2.04. The van der Waals surface area contributed by atoms with E-state index in [4.69, 9.17) is 21.1 Å². The fraction of sp³-hybridized carbons (Fsp3) is 0.314. The number of benzene rings is 4. The van der Waals surface area contributed by atoms with Crippen molar-refractivity contribution in [3.05, 3.63) is 106 Å². The van der Waals surface area contributed by atoms with Crippen molar-refractivity contribution in [2.75, 3.05) is 27.2 Å². The van der Waals surface area contributed by atoms with Crippen LogP contribution in [-0.4, -0.2) is 49.4 Å². The smallest absolute Gasteiger partial charge is 0.130 e. The number of hydrogen-bond donors (Lipinski definition) is 0. The second kappa shape index (κ2) is 10.9. The lowest BCUT2D eigenvalue weighted by Crippen LogP contribution is -2.46. The molecule has 4 aromatic rings. The summed E-state index contributed by atoms with van der Waals surface area (Å²) in [5, 5.41) is 5.28. The molecule has 2 aliphatic heterocycles. The minimum atomic E-state index is 0.0905. The van der Waals surface area contributed by atoms with Gasteiger partial charge in [-0.1, -0.05) is 65.7 Å². The summed E-state index contributed by atoms with van der Waals surface area (Å²) in [4.78, 5) is 0. The third-order valence-corrected chi connectivity index (χ3v) is 8.37. The molecule has 40 heavy (non-hydrogen) atoms. The first-order chi connectivity index (χ1) is 19.2. The Morgan fingerprint density at radius 2 is 1.05 bits per heavy atom. The molecule has 0 aliphatic carbocycles. The van der Waals surface area contributed by atoms with Crippen LogP contribution in [0.2, 0.25) is 5.02 Å². The van der Waals surface area contributed by atoms with Gasteiger partial charge in [-0.3, -0.25) is 0 Å². The van der Waals surface area contributed by atoms with E-state index in [2.05, 4.69) is 106 Å². The monoisotopic (exact) mass is 552 g/mol. The van der Waals surface area contributed by atoms with E-state index in [1.807, 2.05) is 12.1 Å². The van der Waals surface area contributed by atoms with Gasteiger partial charge in [0.2, 0.25) is 0 Å². The van der Waals surface area contributed by atoms with Gasteiger partial charge in [-0.25, -0.2) is 10.0 Å². The van der Waals surface area contributed by atoms with E-state index in [0.29, 0.717) is 0 Å². The summed E-state index contributed by atoms with van der Waals surface area (Å²) in [6, 6.07) is 25.7. The fourth-order valence-corrected chi connectivity index (χ4v) is 6.17. The molecule has 2 atom stereocenters. The van der Waals surface area contributed by atoms with Crippen molar-refractivity contribution in [2.24, 2.45) is 0 Å². The van der Waals surface area contributed by atoms with Crippen LogP contribution in [0.3, 0.4) is 0 Å². The van der Waals surface area contributed by atoms with Crippen molar-refractivity contribution in [1.29, 1.82) is 0 Å². The Morgan fingerprint density at radius 1 is 0.625 bits per heavy atom. The van der Waals surface area contributed by atoms with Crippen LogP contribution in [0.5, 0.6) is 11.5 Å². The van der Waals surface area contributed by atoms with Gasteiger partial charge >= 0.3 is 0 Å². The standard InChI is InChI=1S/C35H37ClN2O2/c1-22-6-8-25(9-7-22)32-16-23(2)14-27-18-30(39-34(27)32)20-37(4)38(5)21-31-19-28-15-24(3)17-33(35(28)40-31)26-10-12-29(36)13-11-26/h6-17,30-31H,18-21H2,1-5H3. The van der Waals surface area contributed by atoms with E-state index in [0.717, 1.165) is 53.6 Å². The van der Waals surface area contributed by atoms with E-state index in [9.17, 15) is 0 Å². The number of hydrazine groups is 1. The van der Waals surface area contributed by atoms with Crippen molar-refractivity contribution in [3.8, 4) is 33.8 Å². The molecule has 0 saturated carbocycles. The lowest BCUT2D eigenvalue weighted by Gasteiger charge is -2.31. The molecule has 0 aromatic heterocycles. The van der Waals surface area contributed by atoms with E-state index in [1.165, 1.54) is 38.9 Å². The van der Waals surface area contributed by atoms with Crippen LogP contribution in [0.1, 0.15) is 27.8 Å². The van der Waals surface area contributed by atoms with Crippen LogP contribution < -0.4 is 9.47 Å². The first kappa shape index (κ1) is 26.9. The predicted octanol–water partition coefficient (Wildman–Crippen LogP) is 7.69. The zero-order valence-electron chi connectivity index (χ0n) is 24.0. The van der Waals surface area contributed by atoms with E-state index < -0.39 is 0 Å². The Bertz CT molecular complexity index is 1410. The molecule has 2 aliphatic rings. The van der Waals surface area contributed by atoms with Gasteiger partial charge in [-0.15, -0.1) is 0 Å². The Hall–Kier alpha value is -3.31. The molecule has 4 nitrogen and oxygen atoms in total. The van der Waals surface area contributed by atoms with Crippen LogP contribution in [0.25, 0.3) is 22.3 Å². The number of nitrogens with zero attached hydrogens (tertiary/aromatic N) is 2. The lowest BCUT2D eigenvalue weighted by molar-refractivity contribution is -0.0221. The topological polar surface area (TPSA) is 24.9 Å². The SMILES string of the molecule is Cc1ccc(-c2cc(C)cc3c2OC(CN(C)N(C)CC2Cc4cc(C)cc(-c5ccc(Cl)cc5)c4O2)C3)cc1. The first-order valence-electron chi connectivity index (χ1n) is 14.1. The summed E-state index contributed by atoms with van der Waals surface area (Å²) >= 11 is 6.14. The molecule has 4 aromatic carbocycles. The van der Waals surface area contributed by atoms with Gasteiger partial charge in [-0.2, -0.15) is 0 Å². The molecule has 0 saturated heterocycles. The second-order valence-corrected chi connectivity index (χ2v) is 12.0. The highest BCUT2D eigenvalue weighted by Gasteiger charge is 2.31. The maximum Gasteiger partial charge on any atom is 0.130 e. The third kappa shape index (κ3) is 5.49. The first-order valence-corrected chi connectivity index (χ1v) is 14.5. The minimum Gasteiger partial charge on any atom is -0.488 e. The van der Waals surface area contributed by atoms with Gasteiger partial charge < -0.3 is 9.47 Å². The van der Waals surface area contributed by atoms with E-state index >= 15 is 0 Å². The molecule has 0 radical (unpaired) electrons. The summed E-state index contributed by atoms with van der Waals surface area (Å²) in [5.41, 5.74) is 11.0. The molecule has 2 heterocycles. The highest BCUT2D eigenvalue weighted by molar-refractivity contribution is 6.30. The molecule has 5 heteroatoms. The number of likely N-dealkylation sites (N-methyl/N-ethyl adjacent to an activating group) is 2. The molecule has 2 unspecified atom stereocenters. The summed E-state index contributed by atoms with van der Waals surface area (Å²) in [6.45, 7) is 8.06. The van der Waals surface area contributed by atoms with Gasteiger partial charge in [0.1, 0.15) is 23.7 Å². The number of ether oxygens (including phenoxy) is 2. The van der Waals surface area contributed by atoms with Crippen LogP contribution >= 0.6 is 11.6 Å². The van der Waals surface area contributed by atoms with Gasteiger partial charge in [0.05, 0.1) is 13.1 Å². The maximum atomic E-state index is 6.60. The van der Waals surface area contributed by atoms with Crippen LogP contribution in [0.4, 0.5) is 0 Å². The normalized spacial score (nSPS) is 17.6. The Labute approximate surface area is 243 Å². The number of halogens is 1. The minimum absolute atomic E-state index is 0.0905. The average Bonchev–Trinajstić information content (AvgIpc) is 3.51. The van der Waals surface area contributed by atoms with Crippen molar-refractivity contribution in [3.63, 3.8) is 0 Å². The molecule has 0 spiro atoms. The largest absolute Gasteiger partial charge is 0.488 e. The van der Waals surface area contributed by atoms with Crippen molar-refractivity contribution >= 4 is 11.6 Å². The van der Waals surface area contributed by atoms with Crippen molar-refractivity contribution in [1.82, 2.24) is 10.0 Å². The zero-order chi connectivity index (χ0) is 28.0. The van der Waals surface area contributed by atoms with Crippen molar-refractivity contribution < 1.29 is 9.47 Å². The third-order valence-electron chi connectivity index (χ3n) is 8.12. The highest BCUT2D eigenvalue weighted by Crippen LogP contribution is 2.41. The fourth-order valence-electron chi connectivity index (χ4n) is 6.05. The summed E-state index contributed by atoms with van der Waals surface area (Å²) < 4.78 is 13.2. The van der Waals surface area contributed by atoms with Gasteiger partial charge in [0.25, 0.3) is 0 Å². The zero-order valence-corrected chi connectivity index (χ0v) is 24.8. The van der Waals surface area contributed by atoms with Crippen LogP contribution in [0, 0.1) is 20.8 Å². The summed E-state index contributed by atoms with van der Waals surface area (Å²) in [7, 11) is 4.28. The number of fused-ring (bicyclic) bond motifs is 2. The molecule has 0 amide bonds. The van der Waals surface area contributed by atoms with Gasteiger partial charge in [-0.05, 0) is 78.4 Å². The molecule has 0 fully saturated rings. The molecule has 6 rings (SSSR count). The van der Waals surface area contributed by atoms with Gasteiger partial charge in [0.15, 0.2) is 0 Å². The van der Waals surface area contributed by atoms with E-state index in [1.54, 1.807) is 0 Å². The number of aryl methyl sites for hydroxylation is 3. The molecular formula is C35H37ClN2O2. The molecule has 0 N–H and O–H groups in total. The molecule has 0 bridgehead atoms. The number of rotatable bonds is 7. The van der Waals surface area contributed by atoms with Crippen molar-refractivity contribution in [2.45, 2.75) is 45.8 Å². The Balaban J connectivity index is 1.11. The predicted molar refractivity (Wildman–Crippen MR) is 164 cm³/mol. The average molecular weight is 553 g/mol. The van der Waals surface area contributed by atoms with E-state index in [-0.39, 0.29) is 12.2 Å². The Kier molecular flexibility index (Phi) is 7.35. The molecular weight excluding hydrogens is 516 g/mol. The van der Waals surface area contributed by atoms with Crippen LogP contribution in [-0.2, 0) is 12.8 Å². The maximum absolute atomic E-state index is 6.60. The quantitative estimate of drug-likeness (QED) is 0.219. The number of hydrogen-bond acceptors (Lipinski definition) is 4. The van der Waals surface area contributed by atoms with Crippen LogP contribution in [0.15, 0.2) is 72.8 Å². The summed E-state index contributed by atoms with van der Waals surface area (Å²) in [6.07, 6.45) is 2.02. The lowest BCUT2D eigenvalue weighted by atomic mass is 9.97. The highest BCUT2D eigenvalue weighted by atomic mass is 35.5. The molecule has 206 valence electrons. The van der Waals surface area contributed by atoms with Gasteiger partial charge in [0, 0.05) is 43.1 Å².